The molecule has 11 atom stereocenters. The number of ether oxygens (including phenoxy) is 4. The molecule has 0 aromatic heterocycles. The van der Waals surface area contributed by atoms with Gasteiger partial charge in [-0.05, 0) is 130 Å². The van der Waals surface area contributed by atoms with Crippen LogP contribution >= 0.6 is 0 Å². The Morgan fingerprint density at radius 3 is 1.71 bits per heavy atom. The minimum atomic E-state index is -0.596. The highest BCUT2D eigenvalue weighted by Crippen LogP contribution is 2.54. The van der Waals surface area contributed by atoms with Gasteiger partial charge in [-0.1, -0.05) is 99.3 Å². The Morgan fingerprint density at radius 1 is 0.655 bits per heavy atom. The summed E-state index contributed by atoms with van der Waals surface area (Å²) in [5.74, 6) is 4.62. The first-order valence-corrected chi connectivity index (χ1v) is 21.9. The predicted molar refractivity (Wildman–Crippen MR) is 217 cm³/mol. The fourth-order valence-electron chi connectivity index (χ4n) is 12.2. The van der Waals surface area contributed by atoms with E-state index in [2.05, 4.69) is 54.4 Å². The summed E-state index contributed by atoms with van der Waals surface area (Å²) in [5, 5.41) is 0. The third kappa shape index (κ3) is 11.4. The van der Waals surface area contributed by atoms with E-state index in [-0.39, 0.29) is 30.3 Å². The Bertz CT molecular complexity index is 1320. The van der Waals surface area contributed by atoms with E-state index in [0.29, 0.717) is 35.5 Å². The molecule has 6 aliphatic carbocycles. The van der Waals surface area contributed by atoms with E-state index in [4.69, 9.17) is 18.9 Å². The molecule has 0 heterocycles. The molecule has 11 unspecified atom stereocenters. The molecule has 0 aromatic carbocycles. The largest absolute Gasteiger partial charge is 0.459 e. The highest BCUT2D eigenvalue weighted by Gasteiger charge is 2.54. The Morgan fingerprint density at radius 2 is 1.16 bits per heavy atom. The molecular weight excluding hydrogens is 693 g/mol. The SMILES string of the molecule is C=CC(=O)OC(CC)C1CC2CCCC(C2)C1.C=CC(=O)OC1(C(C)C)C(C)CC2CCCC1C2.C=CC(=O)OCC(=O)OC1(C)C(C)CC2CCCC1C2. The maximum atomic E-state index is 11.9. The second-order valence-corrected chi connectivity index (χ2v) is 18.6. The smallest absolute Gasteiger partial charge is 0.344 e. The molecule has 6 rings (SSSR count). The van der Waals surface area contributed by atoms with Crippen molar-refractivity contribution in [1.29, 1.82) is 0 Å². The Hall–Kier alpha value is -2.90. The summed E-state index contributed by atoms with van der Waals surface area (Å²) in [6.45, 7) is 23.0. The van der Waals surface area contributed by atoms with Crippen LogP contribution in [0.25, 0.3) is 0 Å². The van der Waals surface area contributed by atoms with E-state index in [1.54, 1.807) is 0 Å². The van der Waals surface area contributed by atoms with Crippen LogP contribution in [0, 0.1) is 59.2 Å². The molecule has 0 radical (unpaired) electrons. The minimum absolute atomic E-state index is 0.115. The van der Waals surface area contributed by atoms with E-state index >= 15 is 0 Å². The monoisotopic (exact) mass is 767 g/mol. The fraction of sp³-hybridized carbons (Fsp3) is 0.787. The van der Waals surface area contributed by atoms with Gasteiger partial charge in [-0.25, -0.2) is 19.2 Å². The van der Waals surface area contributed by atoms with Gasteiger partial charge in [0.25, 0.3) is 0 Å². The number of hydrogen-bond acceptors (Lipinski definition) is 8. The van der Waals surface area contributed by atoms with Crippen molar-refractivity contribution in [3.05, 3.63) is 38.0 Å². The maximum Gasteiger partial charge on any atom is 0.344 e. The molecule has 0 spiro atoms. The second kappa shape index (κ2) is 20.5. The van der Waals surface area contributed by atoms with Gasteiger partial charge >= 0.3 is 23.9 Å². The molecule has 6 bridgehead atoms. The topological polar surface area (TPSA) is 105 Å². The summed E-state index contributed by atoms with van der Waals surface area (Å²) in [6.07, 6.45) is 25.1. The van der Waals surface area contributed by atoms with Gasteiger partial charge in [0.15, 0.2) is 6.61 Å². The first-order chi connectivity index (χ1) is 26.2. The number of hydrogen-bond donors (Lipinski definition) is 0. The first kappa shape index (κ1) is 44.8. The van der Waals surface area contributed by atoms with Crippen molar-refractivity contribution in [2.75, 3.05) is 6.61 Å². The van der Waals surface area contributed by atoms with E-state index in [9.17, 15) is 19.2 Å². The summed E-state index contributed by atoms with van der Waals surface area (Å²) in [5.41, 5.74) is -0.684. The molecule has 0 aromatic rings. The van der Waals surface area contributed by atoms with Crippen LogP contribution in [0.5, 0.6) is 0 Å². The molecular formula is C47H74O8. The number of rotatable bonds is 11. The normalized spacial score (nSPS) is 36.5. The Kier molecular flexibility index (Phi) is 16.7. The molecule has 8 nitrogen and oxygen atoms in total. The predicted octanol–water partition coefficient (Wildman–Crippen LogP) is 10.5. The first-order valence-electron chi connectivity index (χ1n) is 21.9. The van der Waals surface area contributed by atoms with Gasteiger partial charge in [0.2, 0.25) is 0 Å². The van der Waals surface area contributed by atoms with Crippen molar-refractivity contribution in [3.63, 3.8) is 0 Å². The second-order valence-electron chi connectivity index (χ2n) is 18.6. The fourth-order valence-corrected chi connectivity index (χ4v) is 12.2. The molecule has 6 saturated carbocycles. The van der Waals surface area contributed by atoms with Gasteiger partial charge in [-0.2, -0.15) is 0 Å². The lowest BCUT2D eigenvalue weighted by atomic mass is 9.56. The van der Waals surface area contributed by atoms with Crippen molar-refractivity contribution < 1.29 is 38.1 Å². The lowest BCUT2D eigenvalue weighted by Crippen LogP contribution is -2.56. The van der Waals surface area contributed by atoms with Crippen molar-refractivity contribution in [2.45, 2.75) is 168 Å². The van der Waals surface area contributed by atoms with Crippen molar-refractivity contribution in [1.82, 2.24) is 0 Å². The standard InChI is InChI=1S/C16H24O4.C16H26O2.C15H24O2/c1-4-14(17)19-10-15(18)20-16(3)11(2)8-12-6-5-7-13(16)9-12;1-5-15(17)18-16(11(2)3)12(4)9-13-7-6-8-14(16)10-13;1-3-14(17-15(16)4-2)13-9-11-6-5-7-12(8-11)10-13/h4,11-13H,1,5-10H2,2-3H3;5,11-14H,1,6-10H2,2-4H3;4,11-14H,2-3,5-10H2,1H3. The molecule has 0 amide bonds. The third-order valence-corrected chi connectivity index (χ3v) is 14.8. The lowest BCUT2D eigenvalue weighted by molar-refractivity contribution is -0.195. The molecule has 0 aliphatic heterocycles. The number of carbonyl (C=O) groups excluding carboxylic acids is 4. The molecule has 6 fully saturated rings. The molecule has 8 heteroatoms. The summed E-state index contributed by atoms with van der Waals surface area (Å²) in [7, 11) is 0. The number of esters is 4. The third-order valence-electron chi connectivity index (χ3n) is 14.8. The summed E-state index contributed by atoms with van der Waals surface area (Å²) in [6, 6.07) is 0. The van der Waals surface area contributed by atoms with Crippen LogP contribution in [-0.2, 0) is 38.1 Å². The van der Waals surface area contributed by atoms with Crippen LogP contribution in [-0.4, -0.2) is 47.8 Å². The molecule has 55 heavy (non-hydrogen) atoms. The quantitative estimate of drug-likeness (QED) is 0.116. The molecule has 310 valence electrons. The molecule has 0 N–H and O–H groups in total. The van der Waals surface area contributed by atoms with E-state index in [1.807, 2.05) is 6.92 Å². The van der Waals surface area contributed by atoms with Crippen molar-refractivity contribution in [2.24, 2.45) is 59.2 Å². The lowest BCUT2D eigenvalue weighted by Gasteiger charge is -2.54. The summed E-state index contributed by atoms with van der Waals surface area (Å²) < 4.78 is 21.9. The van der Waals surface area contributed by atoms with Crippen LogP contribution in [0.15, 0.2) is 38.0 Å². The van der Waals surface area contributed by atoms with Crippen LogP contribution < -0.4 is 0 Å². The zero-order valence-electron chi connectivity index (χ0n) is 35.2. The number of carbonyl (C=O) groups is 4. The van der Waals surface area contributed by atoms with Crippen molar-refractivity contribution >= 4 is 23.9 Å². The van der Waals surface area contributed by atoms with E-state index in [1.165, 1.54) is 95.6 Å². The van der Waals surface area contributed by atoms with Crippen LogP contribution in [0.4, 0.5) is 0 Å². The van der Waals surface area contributed by atoms with E-state index in [0.717, 1.165) is 55.4 Å². The number of fused-ring (bicyclic) bond motifs is 6. The maximum absolute atomic E-state index is 11.9. The van der Waals surface area contributed by atoms with Crippen LogP contribution in [0.2, 0.25) is 0 Å². The van der Waals surface area contributed by atoms with Crippen LogP contribution in [0.3, 0.4) is 0 Å². The van der Waals surface area contributed by atoms with Gasteiger partial charge < -0.3 is 18.9 Å². The van der Waals surface area contributed by atoms with Crippen LogP contribution in [0.1, 0.15) is 151 Å². The van der Waals surface area contributed by atoms with Gasteiger partial charge in [0.1, 0.15) is 17.3 Å². The molecule has 6 aliphatic rings. The summed E-state index contributed by atoms with van der Waals surface area (Å²) in [4.78, 5) is 46.0. The highest BCUT2D eigenvalue weighted by molar-refractivity contribution is 5.84. The molecule has 0 saturated heterocycles. The van der Waals surface area contributed by atoms with Gasteiger partial charge in [-0.3, -0.25) is 0 Å². The highest BCUT2D eigenvalue weighted by atomic mass is 16.6. The zero-order valence-corrected chi connectivity index (χ0v) is 35.2. The van der Waals surface area contributed by atoms with E-state index < -0.39 is 17.5 Å². The Balaban J connectivity index is 0.000000184. The van der Waals surface area contributed by atoms with Gasteiger partial charge in [0.05, 0.1) is 0 Å². The zero-order chi connectivity index (χ0) is 40.3. The van der Waals surface area contributed by atoms with Gasteiger partial charge in [-0.15, -0.1) is 0 Å². The van der Waals surface area contributed by atoms with Gasteiger partial charge in [0, 0.05) is 18.2 Å². The van der Waals surface area contributed by atoms with Crippen molar-refractivity contribution in [3.8, 4) is 0 Å². The summed E-state index contributed by atoms with van der Waals surface area (Å²) >= 11 is 0. The average Bonchev–Trinajstić information content (AvgIpc) is 3.17. The average molecular weight is 767 g/mol. The Labute approximate surface area is 333 Å². The minimum Gasteiger partial charge on any atom is -0.459 e.